The van der Waals surface area contributed by atoms with E-state index in [0.29, 0.717) is 19.5 Å². The fourth-order valence-electron chi connectivity index (χ4n) is 2.38. The third-order valence-corrected chi connectivity index (χ3v) is 3.49. The SMILES string of the molecule is COC(CN(C)C(=O)[C@@H]1CCCN1C(=O)OC(C)(C)C)OC. The lowest BCUT2D eigenvalue weighted by Gasteiger charge is -2.31. The molecule has 1 aliphatic rings. The molecule has 0 aromatic heterocycles. The number of ether oxygens (including phenoxy) is 3. The number of amides is 2. The maximum Gasteiger partial charge on any atom is 0.410 e. The Balaban J connectivity index is 2.69. The van der Waals surface area contributed by atoms with Gasteiger partial charge in [-0.1, -0.05) is 0 Å². The standard InChI is InChI=1S/C15H28N2O5/c1-15(2,3)22-14(19)17-9-7-8-11(17)13(18)16(4)10-12(20-5)21-6/h11-12H,7-10H2,1-6H3/t11-/m0/s1. The van der Waals surface area contributed by atoms with Gasteiger partial charge in [0.2, 0.25) is 5.91 Å². The molecule has 128 valence electrons. The zero-order valence-corrected chi connectivity index (χ0v) is 14.4. The van der Waals surface area contributed by atoms with Gasteiger partial charge in [-0.2, -0.15) is 0 Å². The lowest BCUT2D eigenvalue weighted by Crippen LogP contribution is -2.49. The molecule has 0 saturated carbocycles. The summed E-state index contributed by atoms with van der Waals surface area (Å²) in [5.41, 5.74) is -0.573. The molecule has 1 aliphatic heterocycles. The minimum Gasteiger partial charge on any atom is -0.444 e. The van der Waals surface area contributed by atoms with Crippen LogP contribution in [-0.4, -0.2) is 74.1 Å². The van der Waals surface area contributed by atoms with Crippen molar-refractivity contribution in [2.24, 2.45) is 0 Å². The molecule has 2 amide bonds. The Hall–Kier alpha value is -1.34. The Morgan fingerprint density at radius 2 is 1.86 bits per heavy atom. The van der Waals surface area contributed by atoms with Crippen molar-refractivity contribution in [1.29, 1.82) is 0 Å². The molecule has 1 heterocycles. The predicted molar refractivity (Wildman–Crippen MR) is 81.4 cm³/mol. The van der Waals surface area contributed by atoms with E-state index < -0.39 is 24.0 Å². The van der Waals surface area contributed by atoms with E-state index in [1.165, 1.54) is 24.0 Å². The number of nitrogens with zero attached hydrogens (tertiary/aromatic N) is 2. The zero-order chi connectivity index (χ0) is 16.9. The lowest BCUT2D eigenvalue weighted by atomic mass is 10.2. The molecule has 1 saturated heterocycles. The van der Waals surface area contributed by atoms with E-state index in [0.717, 1.165) is 6.42 Å². The number of methoxy groups -OCH3 is 2. The molecule has 0 aromatic rings. The van der Waals surface area contributed by atoms with Gasteiger partial charge in [-0.05, 0) is 33.6 Å². The molecule has 0 aromatic carbocycles. The van der Waals surface area contributed by atoms with Crippen LogP contribution in [0.15, 0.2) is 0 Å². The van der Waals surface area contributed by atoms with Crippen molar-refractivity contribution in [2.75, 3.05) is 34.4 Å². The largest absolute Gasteiger partial charge is 0.444 e. The smallest absolute Gasteiger partial charge is 0.410 e. The fourth-order valence-corrected chi connectivity index (χ4v) is 2.38. The zero-order valence-electron chi connectivity index (χ0n) is 14.4. The Morgan fingerprint density at radius 3 is 2.36 bits per heavy atom. The second-order valence-corrected chi connectivity index (χ2v) is 6.45. The molecule has 0 aliphatic carbocycles. The van der Waals surface area contributed by atoms with E-state index in [1.807, 2.05) is 20.8 Å². The van der Waals surface area contributed by atoms with E-state index in [2.05, 4.69) is 0 Å². The van der Waals surface area contributed by atoms with Gasteiger partial charge in [-0.25, -0.2) is 4.79 Å². The minimum atomic E-state index is -0.573. The molecule has 1 fully saturated rings. The second-order valence-electron chi connectivity index (χ2n) is 6.45. The number of likely N-dealkylation sites (tertiary alicyclic amines) is 1. The summed E-state index contributed by atoms with van der Waals surface area (Å²) in [6, 6.07) is -0.478. The third-order valence-electron chi connectivity index (χ3n) is 3.49. The van der Waals surface area contributed by atoms with Crippen LogP contribution in [0.4, 0.5) is 4.79 Å². The van der Waals surface area contributed by atoms with Crippen molar-refractivity contribution in [3.05, 3.63) is 0 Å². The highest BCUT2D eigenvalue weighted by Crippen LogP contribution is 2.22. The molecule has 7 nitrogen and oxygen atoms in total. The Bertz CT molecular complexity index is 390. The van der Waals surface area contributed by atoms with Gasteiger partial charge in [0.15, 0.2) is 6.29 Å². The first-order valence-corrected chi connectivity index (χ1v) is 7.49. The first kappa shape index (κ1) is 18.7. The van der Waals surface area contributed by atoms with Gasteiger partial charge < -0.3 is 19.1 Å². The second kappa shape index (κ2) is 7.78. The molecule has 0 radical (unpaired) electrons. The summed E-state index contributed by atoms with van der Waals surface area (Å²) in [6.07, 6.45) is 0.520. The highest BCUT2D eigenvalue weighted by Gasteiger charge is 2.38. The number of carbonyl (C=O) groups excluding carboxylic acids is 2. The van der Waals surface area contributed by atoms with Gasteiger partial charge in [0.1, 0.15) is 11.6 Å². The summed E-state index contributed by atoms with van der Waals surface area (Å²) < 4.78 is 15.6. The van der Waals surface area contributed by atoms with Crippen molar-refractivity contribution in [3.63, 3.8) is 0 Å². The first-order valence-electron chi connectivity index (χ1n) is 7.49. The van der Waals surface area contributed by atoms with Crippen molar-refractivity contribution in [1.82, 2.24) is 9.80 Å². The quantitative estimate of drug-likeness (QED) is 0.718. The Labute approximate surface area is 132 Å². The molecule has 0 spiro atoms. The van der Waals surface area contributed by atoms with Crippen LogP contribution in [-0.2, 0) is 19.0 Å². The van der Waals surface area contributed by atoms with Crippen LogP contribution in [0.25, 0.3) is 0 Å². The van der Waals surface area contributed by atoms with Gasteiger partial charge >= 0.3 is 6.09 Å². The monoisotopic (exact) mass is 316 g/mol. The lowest BCUT2D eigenvalue weighted by molar-refractivity contribution is -0.146. The average Bonchev–Trinajstić information content (AvgIpc) is 2.91. The van der Waals surface area contributed by atoms with Crippen LogP contribution in [0, 0.1) is 0 Å². The summed E-state index contributed by atoms with van der Waals surface area (Å²) >= 11 is 0. The van der Waals surface area contributed by atoms with E-state index in [1.54, 1.807) is 7.05 Å². The van der Waals surface area contributed by atoms with Crippen molar-refractivity contribution in [3.8, 4) is 0 Å². The molecular weight excluding hydrogens is 288 g/mol. The van der Waals surface area contributed by atoms with Crippen LogP contribution in [0.3, 0.4) is 0 Å². The van der Waals surface area contributed by atoms with Gasteiger partial charge in [0, 0.05) is 27.8 Å². The highest BCUT2D eigenvalue weighted by atomic mass is 16.7. The molecule has 0 N–H and O–H groups in total. The molecule has 22 heavy (non-hydrogen) atoms. The van der Waals surface area contributed by atoms with Crippen LogP contribution in [0.1, 0.15) is 33.6 Å². The molecule has 1 rings (SSSR count). The summed E-state index contributed by atoms with van der Waals surface area (Å²) in [7, 11) is 4.73. The van der Waals surface area contributed by atoms with E-state index >= 15 is 0 Å². The maximum atomic E-state index is 12.6. The summed E-state index contributed by atoms with van der Waals surface area (Å²) in [4.78, 5) is 27.8. The number of carbonyl (C=O) groups is 2. The molecule has 1 atom stereocenters. The van der Waals surface area contributed by atoms with Crippen molar-refractivity contribution >= 4 is 12.0 Å². The molecule has 7 heteroatoms. The fraction of sp³-hybridized carbons (Fsp3) is 0.867. The average molecular weight is 316 g/mol. The molecule has 0 bridgehead atoms. The van der Waals surface area contributed by atoms with Crippen LogP contribution >= 0.6 is 0 Å². The Kier molecular flexibility index (Phi) is 6.62. The minimum absolute atomic E-state index is 0.123. The van der Waals surface area contributed by atoms with Gasteiger partial charge in [-0.3, -0.25) is 9.69 Å². The predicted octanol–water partition coefficient (Wildman–Crippen LogP) is 1.46. The molecular formula is C15H28N2O5. The Morgan fingerprint density at radius 1 is 1.27 bits per heavy atom. The van der Waals surface area contributed by atoms with Crippen LogP contribution < -0.4 is 0 Å². The summed E-state index contributed by atoms with van der Waals surface area (Å²) in [6.45, 7) is 6.28. The number of hydrogen-bond donors (Lipinski definition) is 0. The number of rotatable bonds is 5. The van der Waals surface area contributed by atoms with Crippen LogP contribution in [0.5, 0.6) is 0 Å². The summed E-state index contributed by atoms with van der Waals surface area (Å²) in [5, 5.41) is 0. The maximum absolute atomic E-state index is 12.6. The third kappa shape index (κ3) is 5.14. The number of likely N-dealkylation sites (N-methyl/N-ethyl adjacent to an activating group) is 1. The van der Waals surface area contributed by atoms with Crippen molar-refractivity contribution < 1.29 is 23.8 Å². The topological polar surface area (TPSA) is 68.3 Å². The number of hydrogen-bond acceptors (Lipinski definition) is 5. The van der Waals surface area contributed by atoms with Gasteiger partial charge in [-0.15, -0.1) is 0 Å². The molecule has 0 unspecified atom stereocenters. The van der Waals surface area contributed by atoms with Crippen molar-refractivity contribution in [2.45, 2.75) is 51.5 Å². The van der Waals surface area contributed by atoms with E-state index in [-0.39, 0.29) is 5.91 Å². The van der Waals surface area contributed by atoms with Gasteiger partial charge in [0.05, 0.1) is 6.54 Å². The van der Waals surface area contributed by atoms with E-state index in [4.69, 9.17) is 14.2 Å². The first-order chi connectivity index (χ1) is 10.2. The van der Waals surface area contributed by atoms with E-state index in [9.17, 15) is 9.59 Å². The summed E-state index contributed by atoms with van der Waals surface area (Å²) in [5.74, 6) is -0.123. The normalized spacial score (nSPS) is 18.7. The van der Waals surface area contributed by atoms with Crippen LogP contribution in [0.2, 0.25) is 0 Å². The van der Waals surface area contributed by atoms with Gasteiger partial charge in [0.25, 0.3) is 0 Å². The highest BCUT2D eigenvalue weighted by molar-refractivity contribution is 5.86.